The zero-order valence-electron chi connectivity index (χ0n) is 18.6. The maximum Gasteiger partial charge on any atom is 0.141 e. The lowest BCUT2D eigenvalue weighted by molar-refractivity contribution is -0.119. The van der Waals surface area contributed by atoms with E-state index < -0.39 is 0 Å². The largest absolute Gasteiger partial charge is 0.315 e. The van der Waals surface area contributed by atoms with Crippen molar-refractivity contribution in [2.75, 3.05) is 0 Å². The third kappa shape index (κ3) is 4.30. The highest BCUT2D eigenvalue weighted by Gasteiger charge is 2.46. The van der Waals surface area contributed by atoms with Crippen LogP contribution >= 0.6 is 0 Å². The third-order valence-corrected chi connectivity index (χ3v) is 7.45. The SMILES string of the molecule is CCn1c(CCC2CCCCC2)nnc1[C@H]1C[C@@H]1C(=O)Cc1cccc2ccccc12. The molecule has 0 amide bonds. The first-order chi connectivity index (χ1) is 15.2. The molecule has 0 saturated heterocycles. The summed E-state index contributed by atoms with van der Waals surface area (Å²) in [4.78, 5) is 13.1. The van der Waals surface area contributed by atoms with Crippen molar-refractivity contribution in [3.05, 3.63) is 59.7 Å². The highest BCUT2D eigenvalue weighted by Crippen LogP contribution is 2.48. The van der Waals surface area contributed by atoms with Crippen molar-refractivity contribution in [1.29, 1.82) is 0 Å². The Hall–Kier alpha value is -2.49. The molecule has 0 spiro atoms. The van der Waals surface area contributed by atoms with Crippen molar-refractivity contribution < 1.29 is 4.79 Å². The second-order valence-corrected chi connectivity index (χ2v) is 9.49. The van der Waals surface area contributed by atoms with Gasteiger partial charge in [0.25, 0.3) is 0 Å². The Morgan fingerprint density at radius 3 is 2.68 bits per heavy atom. The predicted molar refractivity (Wildman–Crippen MR) is 124 cm³/mol. The van der Waals surface area contributed by atoms with Crippen molar-refractivity contribution in [3.8, 4) is 0 Å². The fourth-order valence-electron chi connectivity index (χ4n) is 5.56. The Bertz CT molecular complexity index is 1060. The molecule has 1 aromatic heterocycles. The van der Waals surface area contributed by atoms with E-state index in [1.54, 1.807) is 0 Å². The molecule has 31 heavy (non-hydrogen) atoms. The van der Waals surface area contributed by atoms with Gasteiger partial charge in [-0.1, -0.05) is 74.6 Å². The van der Waals surface area contributed by atoms with Crippen LogP contribution < -0.4 is 0 Å². The van der Waals surface area contributed by atoms with Gasteiger partial charge in [-0.15, -0.1) is 10.2 Å². The summed E-state index contributed by atoms with van der Waals surface area (Å²) in [6, 6.07) is 14.6. The highest BCUT2D eigenvalue weighted by molar-refractivity contribution is 5.93. The van der Waals surface area contributed by atoms with Crippen LogP contribution in [0.2, 0.25) is 0 Å². The molecule has 4 nitrogen and oxygen atoms in total. The first-order valence-corrected chi connectivity index (χ1v) is 12.2. The Morgan fingerprint density at radius 2 is 1.84 bits per heavy atom. The zero-order chi connectivity index (χ0) is 21.2. The molecule has 2 aliphatic rings. The topological polar surface area (TPSA) is 47.8 Å². The van der Waals surface area contributed by atoms with E-state index in [4.69, 9.17) is 0 Å². The van der Waals surface area contributed by atoms with Crippen LogP contribution in [0.15, 0.2) is 42.5 Å². The molecule has 0 bridgehead atoms. The van der Waals surface area contributed by atoms with Gasteiger partial charge in [0.15, 0.2) is 0 Å². The second-order valence-electron chi connectivity index (χ2n) is 9.49. The van der Waals surface area contributed by atoms with Crippen LogP contribution in [0.25, 0.3) is 10.8 Å². The molecule has 0 N–H and O–H groups in total. The second kappa shape index (κ2) is 8.94. The zero-order valence-corrected chi connectivity index (χ0v) is 18.6. The Labute approximate surface area is 185 Å². The van der Waals surface area contributed by atoms with E-state index in [0.717, 1.165) is 42.5 Å². The van der Waals surface area contributed by atoms with Gasteiger partial charge in [0, 0.05) is 31.2 Å². The van der Waals surface area contributed by atoms with Gasteiger partial charge in [0.05, 0.1) is 0 Å². The first-order valence-electron chi connectivity index (χ1n) is 12.2. The molecule has 0 unspecified atom stereocenters. The lowest BCUT2D eigenvalue weighted by Crippen LogP contribution is -2.12. The molecule has 0 aliphatic heterocycles. The van der Waals surface area contributed by atoms with E-state index >= 15 is 0 Å². The lowest BCUT2D eigenvalue weighted by Gasteiger charge is -2.21. The Kier molecular flexibility index (Phi) is 5.89. The fraction of sp³-hybridized carbons (Fsp3) is 0.519. The average Bonchev–Trinajstić information content (AvgIpc) is 3.51. The molecule has 0 radical (unpaired) electrons. The monoisotopic (exact) mass is 415 g/mol. The molecule has 1 heterocycles. The van der Waals surface area contributed by atoms with Crippen LogP contribution in [-0.2, 0) is 24.2 Å². The molecule has 2 aromatic carbocycles. The van der Waals surface area contributed by atoms with E-state index in [9.17, 15) is 4.79 Å². The van der Waals surface area contributed by atoms with Gasteiger partial charge in [-0.05, 0) is 42.0 Å². The van der Waals surface area contributed by atoms with E-state index in [0.29, 0.717) is 12.2 Å². The number of hydrogen-bond acceptors (Lipinski definition) is 3. The first kappa shape index (κ1) is 20.4. The molecular weight excluding hydrogens is 382 g/mol. The number of rotatable bonds is 8. The van der Waals surface area contributed by atoms with Gasteiger partial charge >= 0.3 is 0 Å². The molecule has 2 aliphatic carbocycles. The van der Waals surface area contributed by atoms with Gasteiger partial charge in [-0.2, -0.15) is 0 Å². The molecule has 2 fully saturated rings. The van der Waals surface area contributed by atoms with Gasteiger partial charge in [0.1, 0.15) is 17.4 Å². The van der Waals surface area contributed by atoms with E-state index in [1.165, 1.54) is 49.3 Å². The number of benzene rings is 2. The van der Waals surface area contributed by atoms with E-state index in [-0.39, 0.29) is 11.8 Å². The number of hydrogen-bond donors (Lipinski definition) is 0. The summed E-state index contributed by atoms with van der Waals surface area (Å²) < 4.78 is 2.29. The highest BCUT2D eigenvalue weighted by atomic mass is 16.1. The molecule has 5 rings (SSSR count). The fourth-order valence-corrected chi connectivity index (χ4v) is 5.56. The Morgan fingerprint density at radius 1 is 1.03 bits per heavy atom. The van der Waals surface area contributed by atoms with Crippen molar-refractivity contribution in [1.82, 2.24) is 14.8 Å². The number of aromatic nitrogens is 3. The summed E-state index contributed by atoms with van der Waals surface area (Å²) in [6.45, 7) is 3.06. The minimum absolute atomic E-state index is 0.0969. The molecule has 2 atom stereocenters. The summed E-state index contributed by atoms with van der Waals surface area (Å²) in [5.74, 6) is 3.71. The van der Waals surface area contributed by atoms with Crippen LogP contribution in [0.4, 0.5) is 0 Å². The van der Waals surface area contributed by atoms with E-state index in [1.807, 2.05) is 6.07 Å². The minimum atomic E-state index is 0.0969. The quantitative estimate of drug-likeness (QED) is 0.462. The third-order valence-electron chi connectivity index (χ3n) is 7.45. The minimum Gasteiger partial charge on any atom is -0.315 e. The maximum absolute atomic E-state index is 13.1. The van der Waals surface area contributed by atoms with Gasteiger partial charge in [0.2, 0.25) is 0 Å². The van der Waals surface area contributed by atoms with Crippen LogP contribution in [-0.4, -0.2) is 20.5 Å². The molecule has 162 valence electrons. The van der Waals surface area contributed by atoms with E-state index in [2.05, 4.69) is 58.1 Å². The number of carbonyl (C=O) groups excluding carboxylic acids is 1. The number of ketones is 1. The summed E-state index contributed by atoms with van der Waals surface area (Å²) >= 11 is 0. The van der Waals surface area contributed by atoms with Gasteiger partial charge in [-0.25, -0.2) is 0 Å². The van der Waals surface area contributed by atoms with Crippen LogP contribution in [0.3, 0.4) is 0 Å². The normalized spacial score (nSPS) is 21.5. The predicted octanol–water partition coefficient (Wildman–Crippen LogP) is 5.88. The van der Waals surface area contributed by atoms with Gasteiger partial charge < -0.3 is 4.57 Å². The maximum atomic E-state index is 13.1. The summed E-state index contributed by atoms with van der Waals surface area (Å²) in [7, 11) is 0. The van der Waals surface area contributed by atoms with Crippen molar-refractivity contribution in [2.24, 2.45) is 11.8 Å². The smallest absolute Gasteiger partial charge is 0.141 e. The summed E-state index contributed by atoms with van der Waals surface area (Å²) in [5.41, 5.74) is 1.14. The van der Waals surface area contributed by atoms with Gasteiger partial charge in [-0.3, -0.25) is 4.79 Å². The number of nitrogens with zero attached hydrogens (tertiary/aromatic N) is 3. The number of carbonyl (C=O) groups is 1. The average molecular weight is 416 g/mol. The van der Waals surface area contributed by atoms with Crippen LogP contribution in [0.1, 0.15) is 75.0 Å². The molecule has 2 saturated carbocycles. The molecule has 3 aromatic rings. The molecular formula is C27H33N3O. The van der Waals surface area contributed by atoms with Crippen LogP contribution in [0.5, 0.6) is 0 Å². The summed E-state index contributed by atoms with van der Waals surface area (Å²) in [5, 5.41) is 11.5. The summed E-state index contributed by atoms with van der Waals surface area (Å²) in [6.07, 6.45) is 10.6. The van der Waals surface area contributed by atoms with Crippen molar-refractivity contribution >= 4 is 16.6 Å². The number of aryl methyl sites for hydroxylation is 1. The number of Topliss-reactive ketones (excluding diaryl/α,β-unsaturated/α-hetero) is 1. The Balaban J connectivity index is 1.25. The van der Waals surface area contributed by atoms with Crippen molar-refractivity contribution in [3.63, 3.8) is 0 Å². The lowest BCUT2D eigenvalue weighted by atomic mass is 9.86. The van der Waals surface area contributed by atoms with Crippen LogP contribution in [0, 0.1) is 11.8 Å². The standard InChI is InChI=1S/C27H33N3O/c1-2-30-26(16-15-19-9-4-3-5-10-19)28-29-27(30)24-18-23(24)25(31)17-21-13-8-12-20-11-6-7-14-22(20)21/h6-8,11-14,19,23-24H,2-5,9-10,15-18H2,1H3/t23-,24-/m0/s1. The molecule has 4 heteroatoms. The number of fused-ring (bicyclic) bond motifs is 1. The van der Waals surface area contributed by atoms with Crippen molar-refractivity contribution in [2.45, 2.75) is 77.2 Å².